The summed E-state index contributed by atoms with van der Waals surface area (Å²) in [6, 6.07) is 3.77. The first-order valence-corrected chi connectivity index (χ1v) is 9.60. The molecule has 4 aliphatic rings. The van der Waals surface area contributed by atoms with Crippen LogP contribution in [0, 0.1) is 5.92 Å². The van der Waals surface area contributed by atoms with E-state index in [1.54, 1.807) is 12.3 Å². The van der Waals surface area contributed by atoms with Crippen molar-refractivity contribution in [1.29, 1.82) is 0 Å². The molecule has 2 aromatic heterocycles. The number of anilines is 1. The normalized spacial score (nSPS) is 27.6. The Hall–Kier alpha value is -2.61. The first kappa shape index (κ1) is 16.6. The number of carbonyl (C=O) groups excluding carboxylic acids is 2. The fourth-order valence-corrected chi connectivity index (χ4v) is 4.40. The van der Waals surface area contributed by atoms with Crippen molar-refractivity contribution in [3.63, 3.8) is 0 Å². The number of piperidine rings is 3. The van der Waals surface area contributed by atoms with E-state index in [9.17, 15) is 9.59 Å². The summed E-state index contributed by atoms with van der Waals surface area (Å²) < 4.78 is 5.90. The van der Waals surface area contributed by atoms with Gasteiger partial charge in [0.25, 0.3) is 5.91 Å². The van der Waals surface area contributed by atoms with E-state index in [2.05, 4.69) is 20.5 Å². The minimum absolute atomic E-state index is 0.0163. The van der Waals surface area contributed by atoms with Crippen LogP contribution in [0.15, 0.2) is 22.7 Å². The molecule has 4 saturated heterocycles. The number of pyridine rings is 1. The monoisotopic (exact) mass is 369 g/mol. The molecule has 2 amide bonds. The maximum Gasteiger partial charge on any atom is 0.270 e. The van der Waals surface area contributed by atoms with Gasteiger partial charge in [0.1, 0.15) is 11.3 Å². The number of carbonyl (C=O) groups is 2. The lowest BCUT2D eigenvalue weighted by atomic mass is 9.84. The van der Waals surface area contributed by atoms with Gasteiger partial charge in [-0.3, -0.25) is 14.6 Å². The molecule has 2 N–H and O–H groups in total. The largest absolute Gasteiger partial charge is 0.440 e. The molecule has 6 heterocycles. The maximum atomic E-state index is 12.7. The lowest BCUT2D eigenvalue weighted by molar-refractivity contribution is -0.120. The van der Waals surface area contributed by atoms with Crippen molar-refractivity contribution in [2.75, 3.05) is 44.2 Å². The predicted molar refractivity (Wildman–Crippen MR) is 99.6 cm³/mol. The molecule has 2 bridgehead atoms. The van der Waals surface area contributed by atoms with Crippen LogP contribution in [0.25, 0.3) is 11.0 Å². The molecule has 4 fully saturated rings. The molecule has 0 spiro atoms. The van der Waals surface area contributed by atoms with E-state index >= 15 is 0 Å². The van der Waals surface area contributed by atoms with Crippen LogP contribution in [0.3, 0.4) is 0 Å². The molecule has 0 aliphatic carbocycles. The summed E-state index contributed by atoms with van der Waals surface area (Å²) in [5.74, 6) is 1.04. The minimum Gasteiger partial charge on any atom is -0.440 e. The Bertz CT molecular complexity index is 887. The smallest absolute Gasteiger partial charge is 0.270 e. The zero-order chi connectivity index (χ0) is 18.4. The highest BCUT2D eigenvalue weighted by molar-refractivity contribution is 5.96. The number of nitrogens with one attached hydrogen (secondary N) is 2. The second-order valence-corrected chi connectivity index (χ2v) is 7.68. The van der Waals surface area contributed by atoms with E-state index in [1.807, 2.05) is 11.0 Å². The molecule has 6 rings (SSSR count). The van der Waals surface area contributed by atoms with E-state index < -0.39 is 0 Å². The van der Waals surface area contributed by atoms with Gasteiger partial charge in [-0.15, -0.1) is 0 Å². The van der Waals surface area contributed by atoms with Gasteiger partial charge in [-0.1, -0.05) is 0 Å². The Morgan fingerprint density at radius 3 is 2.85 bits per heavy atom. The lowest BCUT2D eigenvalue weighted by Crippen LogP contribution is -2.57. The molecule has 1 atom stereocenters. The van der Waals surface area contributed by atoms with Gasteiger partial charge in [-0.05, 0) is 31.8 Å². The summed E-state index contributed by atoms with van der Waals surface area (Å²) in [7, 11) is 0. The number of fused-ring (bicyclic) bond motifs is 4. The zero-order valence-electron chi connectivity index (χ0n) is 15.1. The van der Waals surface area contributed by atoms with Crippen LogP contribution in [0.2, 0.25) is 0 Å². The second-order valence-electron chi connectivity index (χ2n) is 7.68. The van der Waals surface area contributed by atoms with Crippen molar-refractivity contribution in [2.24, 2.45) is 5.92 Å². The molecular weight excluding hydrogens is 346 g/mol. The molecule has 0 radical (unpaired) electrons. The molecule has 1 unspecified atom stereocenters. The third-order valence-electron chi connectivity index (χ3n) is 5.94. The molecule has 142 valence electrons. The van der Waals surface area contributed by atoms with Crippen molar-refractivity contribution in [3.05, 3.63) is 24.0 Å². The highest BCUT2D eigenvalue weighted by atomic mass is 16.4. The third-order valence-corrected chi connectivity index (χ3v) is 5.94. The summed E-state index contributed by atoms with van der Waals surface area (Å²) in [5, 5.41) is 6.79. The third kappa shape index (κ3) is 3.14. The average molecular weight is 369 g/mol. The standard InChI is InChI=1S/C19H23N5O3/c25-17-11-24(6-3-20-17)18-7-13-9-21-14(8-16(13)27-18)19(26)22-15-10-23-4-1-12(15)2-5-23/h7-9,12,15H,1-6,10-11H2,(H,20,25)(H,22,26). The Morgan fingerprint density at radius 2 is 2.11 bits per heavy atom. The van der Waals surface area contributed by atoms with Crippen LogP contribution in [0.4, 0.5) is 5.88 Å². The van der Waals surface area contributed by atoms with E-state index in [0.717, 1.165) is 37.9 Å². The number of hydrogen-bond donors (Lipinski definition) is 2. The molecule has 2 aromatic rings. The van der Waals surface area contributed by atoms with Gasteiger partial charge >= 0.3 is 0 Å². The summed E-state index contributed by atoms with van der Waals surface area (Å²) in [6.07, 6.45) is 3.97. The maximum absolute atomic E-state index is 12.7. The number of hydrogen-bond acceptors (Lipinski definition) is 6. The predicted octanol–water partition coefficient (Wildman–Crippen LogP) is 0.588. The van der Waals surface area contributed by atoms with Crippen LogP contribution < -0.4 is 15.5 Å². The molecule has 0 saturated carbocycles. The van der Waals surface area contributed by atoms with Gasteiger partial charge in [-0.25, -0.2) is 0 Å². The summed E-state index contributed by atoms with van der Waals surface area (Å²) in [5.41, 5.74) is 0.987. The summed E-state index contributed by atoms with van der Waals surface area (Å²) >= 11 is 0. The molecule has 0 aromatic carbocycles. The van der Waals surface area contributed by atoms with Crippen molar-refractivity contribution in [3.8, 4) is 0 Å². The summed E-state index contributed by atoms with van der Waals surface area (Å²) in [4.78, 5) is 32.9. The van der Waals surface area contributed by atoms with Gasteiger partial charge in [0.15, 0.2) is 5.88 Å². The van der Waals surface area contributed by atoms with Gasteiger partial charge in [0, 0.05) is 49.4 Å². The number of furan rings is 1. The number of piperazine rings is 1. The van der Waals surface area contributed by atoms with Crippen molar-refractivity contribution in [2.45, 2.75) is 18.9 Å². The van der Waals surface area contributed by atoms with Crippen molar-refractivity contribution < 1.29 is 14.0 Å². The van der Waals surface area contributed by atoms with Crippen LogP contribution in [-0.2, 0) is 4.79 Å². The SMILES string of the molecule is O=C1CN(c2cc3cnc(C(=O)NC4CN5CCC4CC5)cc3o2)CCN1. The minimum atomic E-state index is -0.147. The quantitative estimate of drug-likeness (QED) is 0.823. The van der Waals surface area contributed by atoms with Crippen LogP contribution in [-0.4, -0.2) is 67.0 Å². The summed E-state index contributed by atoms with van der Waals surface area (Å²) in [6.45, 7) is 4.80. The van der Waals surface area contributed by atoms with Crippen molar-refractivity contribution in [1.82, 2.24) is 20.5 Å². The molecule has 8 nitrogen and oxygen atoms in total. The Balaban J connectivity index is 1.33. The first-order chi connectivity index (χ1) is 13.2. The molecule has 4 aliphatic heterocycles. The Kier molecular flexibility index (Phi) is 4.00. The van der Waals surface area contributed by atoms with Crippen LogP contribution >= 0.6 is 0 Å². The molecule has 27 heavy (non-hydrogen) atoms. The van der Waals surface area contributed by atoms with Crippen molar-refractivity contribution >= 4 is 28.7 Å². The molecule has 8 heteroatoms. The van der Waals surface area contributed by atoms with E-state index in [-0.39, 0.29) is 24.4 Å². The van der Waals surface area contributed by atoms with E-state index in [4.69, 9.17) is 4.42 Å². The molecular formula is C19H23N5O3. The topological polar surface area (TPSA) is 90.7 Å². The fraction of sp³-hybridized carbons (Fsp3) is 0.526. The van der Waals surface area contributed by atoms with Gasteiger partial charge in [0.2, 0.25) is 5.91 Å². The van der Waals surface area contributed by atoms with Crippen LogP contribution in [0.5, 0.6) is 0 Å². The average Bonchev–Trinajstić information content (AvgIpc) is 3.12. The number of nitrogens with zero attached hydrogens (tertiary/aromatic N) is 3. The van der Waals surface area contributed by atoms with E-state index in [0.29, 0.717) is 36.2 Å². The van der Waals surface area contributed by atoms with Crippen LogP contribution in [0.1, 0.15) is 23.3 Å². The first-order valence-electron chi connectivity index (χ1n) is 9.60. The van der Waals surface area contributed by atoms with E-state index in [1.165, 1.54) is 0 Å². The van der Waals surface area contributed by atoms with Gasteiger partial charge in [0.05, 0.1) is 6.54 Å². The highest BCUT2D eigenvalue weighted by Crippen LogP contribution is 2.29. The second kappa shape index (κ2) is 6.53. The number of amides is 2. The van der Waals surface area contributed by atoms with Gasteiger partial charge < -0.3 is 24.9 Å². The van der Waals surface area contributed by atoms with Gasteiger partial charge in [-0.2, -0.15) is 0 Å². The fourth-order valence-electron chi connectivity index (χ4n) is 4.40. The Morgan fingerprint density at radius 1 is 1.26 bits per heavy atom. The number of aromatic nitrogens is 1. The number of rotatable bonds is 3. The highest BCUT2D eigenvalue weighted by Gasteiger charge is 2.35. The lowest BCUT2D eigenvalue weighted by Gasteiger charge is -2.44. The Labute approximate surface area is 156 Å². The zero-order valence-corrected chi connectivity index (χ0v) is 15.1.